The van der Waals surface area contributed by atoms with Crippen LogP contribution in [0.25, 0.3) is 0 Å². The number of aliphatic hydroxyl groups is 1. The van der Waals surface area contributed by atoms with Gasteiger partial charge in [-0.25, -0.2) is 0 Å². The zero-order chi connectivity index (χ0) is 13.2. The maximum Gasteiger partial charge on any atom is 0.228 e. The largest absolute Gasteiger partial charge is 0.393 e. The maximum absolute atomic E-state index is 12.8. The molecule has 3 heteroatoms. The summed E-state index contributed by atoms with van der Waals surface area (Å²) in [7, 11) is 0. The van der Waals surface area contributed by atoms with E-state index in [1.807, 2.05) is 6.92 Å². The normalized spacial score (nSPS) is 29.3. The third-order valence-corrected chi connectivity index (χ3v) is 4.72. The van der Waals surface area contributed by atoms with Crippen LogP contribution in [0.15, 0.2) is 0 Å². The van der Waals surface area contributed by atoms with Crippen molar-refractivity contribution in [2.75, 3.05) is 6.54 Å². The summed E-state index contributed by atoms with van der Waals surface area (Å²) >= 11 is 0. The zero-order valence-electron chi connectivity index (χ0n) is 11.8. The van der Waals surface area contributed by atoms with Crippen LogP contribution in [0.5, 0.6) is 0 Å². The van der Waals surface area contributed by atoms with Gasteiger partial charge in [0.05, 0.1) is 6.10 Å². The maximum atomic E-state index is 12.8. The van der Waals surface area contributed by atoms with Gasteiger partial charge in [-0.1, -0.05) is 26.2 Å². The molecule has 1 saturated carbocycles. The van der Waals surface area contributed by atoms with E-state index >= 15 is 0 Å². The predicted molar refractivity (Wildman–Crippen MR) is 72.2 cm³/mol. The van der Waals surface area contributed by atoms with Crippen LogP contribution in [-0.4, -0.2) is 34.6 Å². The third kappa shape index (κ3) is 2.87. The highest BCUT2D eigenvalue weighted by Gasteiger charge is 2.41. The van der Waals surface area contributed by atoms with Gasteiger partial charge in [0.25, 0.3) is 0 Å². The second-order valence-corrected chi connectivity index (χ2v) is 6.50. The third-order valence-electron chi connectivity index (χ3n) is 4.72. The van der Waals surface area contributed by atoms with Crippen molar-refractivity contribution in [2.24, 2.45) is 5.41 Å². The molecule has 1 aliphatic carbocycles. The molecule has 2 unspecified atom stereocenters. The molecule has 1 amide bonds. The topological polar surface area (TPSA) is 40.5 Å². The first-order valence-corrected chi connectivity index (χ1v) is 7.52. The molecule has 1 heterocycles. The van der Waals surface area contributed by atoms with Crippen LogP contribution in [0.1, 0.15) is 65.2 Å². The van der Waals surface area contributed by atoms with Crippen LogP contribution in [0.2, 0.25) is 0 Å². The van der Waals surface area contributed by atoms with Crippen LogP contribution in [0, 0.1) is 5.41 Å². The highest BCUT2D eigenvalue weighted by atomic mass is 16.3. The fourth-order valence-electron chi connectivity index (χ4n) is 3.63. The minimum atomic E-state index is -0.303. The molecule has 0 radical (unpaired) electrons. The number of likely N-dealkylation sites (tertiary alicyclic amines) is 1. The van der Waals surface area contributed by atoms with Crippen molar-refractivity contribution in [3.8, 4) is 0 Å². The molecule has 1 aliphatic heterocycles. The molecule has 2 fully saturated rings. The molecule has 1 saturated heterocycles. The molecule has 0 spiro atoms. The van der Waals surface area contributed by atoms with Gasteiger partial charge in [-0.2, -0.15) is 0 Å². The number of nitrogens with zero attached hydrogens (tertiary/aromatic N) is 1. The summed E-state index contributed by atoms with van der Waals surface area (Å²) in [5, 5.41) is 9.55. The minimum absolute atomic E-state index is 0.125. The quantitative estimate of drug-likeness (QED) is 0.840. The second kappa shape index (κ2) is 5.60. The number of carbonyl (C=O) groups is 1. The van der Waals surface area contributed by atoms with Gasteiger partial charge in [-0.15, -0.1) is 0 Å². The van der Waals surface area contributed by atoms with Gasteiger partial charge in [0.2, 0.25) is 5.91 Å². The lowest BCUT2D eigenvalue weighted by molar-refractivity contribution is -0.144. The van der Waals surface area contributed by atoms with Crippen molar-refractivity contribution in [3.05, 3.63) is 0 Å². The molecule has 2 aliphatic rings. The molecule has 0 aromatic heterocycles. The van der Waals surface area contributed by atoms with E-state index < -0.39 is 0 Å². The Hall–Kier alpha value is -0.570. The Morgan fingerprint density at radius 3 is 2.61 bits per heavy atom. The summed E-state index contributed by atoms with van der Waals surface area (Å²) in [6.07, 6.45) is 8.35. The monoisotopic (exact) mass is 253 g/mol. The summed E-state index contributed by atoms with van der Waals surface area (Å²) in [6.45, 7) is 4.86. The highest BCUT2D eigenvalue weighted by molar-refractivity contribution is 5.83. The zero-order valence-corrected chi connectivity index (χ0v) is 11.8. The van der Waals surface area contributed by atoms with E-state index in [4.69, 9.17) is 0 Å². The molecule has 2 atom stereocenters. The predicted octanol–water partition coefficient (Wildman–Crippen LogP) is 2.72. The van der Waals surface area contributed by atoms with Gasteiger partial charge in [-0.05, 0) is 39.0 Å². The molecule has 3 nitrogen and oxygen atoms in total. The number of carbonyl (C=O) groups excluding carboxylic acids is 1. The SMILES string of the molecule is CC(O)CC1CCCN1C(=O)C1(C)CCCCC1. The number of aliphatic hydroxyl groups excluding tert-OH is 1. The van der Waals surface area contributed by atoms with E-state index in [9.17, 15) is 9.90 Å². The fourth-order valence-corrected chi connectivity index (χ4v) is 3.63. The molecule has 0 aromatic rings. The standard InChI is InChI=1S/C15H27NO2/c1-12(17)11-13-7-6-10-16(13)14(18)15(2)8-4-3-5-9-15/h12-13,17H,3-11H2,1-2H3. The molecular formula is C15H27NO2. The van der Waals surface area contributed by atoms with Crippen molar-refractivity contribution < 1.29 is 9.90 Å². The molecule has 104 valence electrons. The molecule has 0 aromatic carbocycles. The van der Waals surface area contributed by atoms with Crippen LogP contribution in [0.3, 0.4) is 0 Å². The van der Waals surface area contributed by atoms with Crippen molar-refractivity contribution in [2.45, 2.75) is 77.4 Å². The number of rotatable bonds is 3. The second-order valence-electron chi connectivity index (χ2n) is 6.50. The Balaban J connectivity index is 2.02. The molecule has 2 rings (SSSR count). The lowest BCUT2D eigenvalue weighted by Gasteiger charge is -2.38. The van der Waals surface area contributed by atoms with E-state index in [2.05, 4.69) is 11.8 Å². The van der Waals surface area contributed by atoms with Crippen LogP contribution in [0.4, 0.5) is 0 Å². The van der Waals surface area contributed by atoms with Crippen LogP contribution in [-0.2, 0) is 4.79 Å². The number of hydrogen-bond acceptors (Lipinski definition) is 2. The summed E-state index contributed by atoms with van der Waals surface area (Å²) < 4.78 is 0. The van der Waals surface area contributed by atoms with Crippen LogP contribution >= 0.6 is 0 Å². The van der Waals surface area contributed by atoms with E-state index in [-0.39, 0.29) is 17.6 Å². The van der Waals surface area contributed by atoms with Gasteiger partial charge >= 0.3 is 0 Å². The van der Waals surface area contributed by atoms with E-state index in [1.54, 1.807) is 0 Å². The Kier molecular flexibility index (Phi) is 4.31. The molecule has 1 N–H and O–H groups in total. The van der Waals surface area contributed by atoms with Gasteiger partial charge in [0.15, 0.2) is 0 Å². The molecular weight excluding hydrogens is 226 g/mol. The summed E-state index contributed by atoms with van der Waals surface area (Å²) in [4.78, 5) is 14.8. The van der Waals surface area contributed by atoms with Gasteiger partial charge < -0.3 is 10.0 Å². The summed E-state index contributed by atoms with van der Waals surface area (Å²) in [6, 6.07) is 0.274. The first kappa shape index (κ1) is 13.9. The first-order valence-electron chi connectivity index (χ1n) is 7.52. The van der Waals surface area contributed by atoms with Crippen molar-refractivity contribution >= 4 is 5.91 Å². The highest BCUT2D eigenvalue weighted by Crippen LogP contribution is 2.39. The van der Waals surface area contributed by atoms with Crippen molar-refractivity contribution in [1.29, 1.82) is 0 Å². The average molecular weight is 253 g/mol. The number of amides is 1. The van der Waals surface area contributed by atoms with Crippen molar-refractivity contribution in [3.63, 3.8) is 0 Å². The lowest BCUT2D eigenvalue weighted by Crippen LogP contribution is -2.46. The molecule has 0 bridgehead atoms. The van der Waals surface area contributed by atoms with E-state index in [1.165, 1.54) is 19.3 Å². The van der Waals surface area contributed by atoms with Gasteiger partial charge in [-0.3, -0.25) is 4.79 Å². The summed E-state index contributed by atoms with van der Waals surface area (Å²) in [5.41, 5.74) is -0.125. The lowest BCUT2D eigenvalue weighted by atomic mass is 9.74. The van der Waals surface area contributed by atoms with E-state index in [0.717, 1.165) is 38.6 Å². The smallest absolute Gasteiger partial charge is 0.228 e. The van der Waals surface area contributed by atoms with Gasteiger partial charge in [0.1, 0.15) is 0 Å². The Labute approximate surface area is 111 Å². The Morgan fingerprint density at radius 2 is 2.00 bits per heavy atom. The first-order chi connectivity index (χ1) is 8.53. The molecule has 18 heavy (non-hydrogen) atoms. The van der Waals surface area contributed by atoms with Crippen LogP contribution < -0.4 is 0 Å². The van der Waals surface area contributed by atoms with E-state index in [0.29, 0.717) is 5.91 Å². The van der Waals surface area contributed by atoms with Gasteiger partial charge in [0, 0.05) is 18.0 Å². The Bertz CT molecular complexity index is 295. The fraction of sp³-hybridized carbons (Fsp3) is 0.933. The number of hydrogen-bond donors (Lipinski definition) is 1. The Morgan fingerprint density at radius 1 is 1.33 bits per heavy atom. The summed E-state index contributed by atoms with van der Waals surface area (Å²) in [5.74, 6) is 0.352. The minimum Gasteiger partial charge on any atom is -0.393 e. The van der Waals surface area contributed by atoms with Crippen molar-refractivity contribution in [1.82, 2.24) is 4.90 Å². The average Bonchev–Trinajstić information content (AvgIpc) is 2.76.